The molecule has 100 valence electrons. The summed E-state index contributed by atoms with van der Waals surface area (Å²) >= 11 is 5.82. The van der Waals surface area contributed by atoms with Crippen LogP contribution in [0.3, 0.4) is 0 Å². The third-order valence-corrected chi connectivity index (χ3v) is 3.75. The Balaban J connectivity index is 2.03. The number of piperazine rings is 1. The number of benzene rings is 1. The monoisotopic (exact) mass is 270 g/mol. The Morgan fingerprint density at radius 3 is 3.06 bits per heavy atom. The molecule has 0 saturated carbocycles. The van der Waals surface area contributed by atoms with E-state index in [1.165, 1.54) is 18.9 Å². The van der Waals surface area contributed by atoms with Gasteiger partial charge < -0.3 is 5.32 Å². The molecule has 0 amide bonds. The van der Waals surface area contributed by atoms with E-state index in [9.17, 15) is 4.39 Å². The quantitative estimate of drug-likeness (QED) is 0.905. The lowest BCUT2D eigenvalue weighted by Gasteiger charge is -2.36. The second-order valence-electron chi connectivity index (χ2n) is 4.87. The van der Waals surface area contributed by atoms with Crippen molar-refractivity contribution in [3.8, 4) is 0 Å². The average molecular weight is 271 g/mol. The van der Waals surface area contributed by atoms with Crippen LogP contribution in [0.2, 0.25) is 5.02 Å². The van der Waals surface area contributed by atoms with Crippen LogP contribution in [0.4, 0.5) is 4.39 Å². The Morgan fingerprint density at radius 1 is 1.50 bits per heavy atom. The molecule has 18 heavy (non-hydrogen) atoms. The highest BCUT2D eigenvalue weighted by atomic mass is 35.5. The highest BCUT2D eigenvalue weighted by Gasteiger charge is 2.21. The zero-order valence-electron chi connectivity index (χ0n) is 10.8. The summed E-state index contributed by atoms with van der Waals surface area (Å²) in [6.07, 6.45) is 2.38. The van der Waals surface area contributed by atoms with E-state index in [-0.39, 0.29) is 10.8 Å². The maximum atomic E-state index is 13.1. The van der Waals surface area contributed by atoms with Crippen LogP contribution in [-0.4, -0.2) is 30.6 Å². The number of halogens is 2. The first-order valence-electron chi connectivity index (χ1n) is 6.59. The number of rotatable bonds is 4. The average Bonchev–Trinajstić information content (AvgIpc) is 2.37. The van der Waals surface area contributed by atoms with E-state index in [0.717, 1.165) is 31.7 Å². The number of hydrogen-bond donors (Lipinski definition) is 1. The number of nitrogens with zero attached hydrogens (tertiary/aromatic N) is 1. The second-order valence-corrected chi connectivity index (χ2v) is 5.27. The molecular formula is C14H20ClFN2. The van der Waals surface area contributed by atoms with Crippen LogP contribution in [0.5, 0.6) is 0 Å². The van der Waals surface area contributed by atoms with Crippen molar-refractivity contribution in [3.63, 3.8) is 0 Å². The summed E-state index contributed by atoms with van der Waals surface area (Å²) in [5.74, 6) is -0.342. The minimum Gasteiger partial charge on any atom is -0.314 e. The Morgan fingerprint density at radius 2 is 2.33 bits per heavy atom. The summed E-state index contributed by atoms with van der Waals surface area (Å²) in [6.45, 7) is 6.17. The van der Waals surface area contributed by atoms with Crippen molar-refractivity contribution in [1.29, 1.82) is 0 Å². The van der Waals surface area contributed by atoms with Gasteiger partial charge in [-0.15, -0.1) is 0 Å². The molecule has 1 N–H and O–H groups in total. The first kappa shape index (κ1) is 13.8. The van der Waals surface area contributed by atoms with Gasteiger partial charge in [-0.1, -0.05) is 31.0 Å². The van der Waals surface area contributed by atoms with E-state index in [0.29, 0.717) is 6.04 Å². The zero-order chi connectivity index (χ0) is 13.0. The molecule has 1 aromatic carbocycles. The lowest BCUT2D eigenvalue weighted by atomic mass is 10.1. The second kappa shape index (κ2) is 6.50. The standard InChI is InChI=1S/C14H20ClFN2/c1-2-3-12-9-17-6-7-18(12)10-11-4-5-14(16)13(15)8-11/h4-5,8,12,17H,2-3,6-7,9-10H2,1H3. The maximum absolute atomic E-state index is 13.1. The summed E-state index contributed by atoms with van der Waals surface area (Å²) in [5.41, 5.74) is 1.09. The molecule has 1 heterocycles. The van der Waals surface area contributed by atoms with Crippen molar-refractivity contribution >= 4 is 11.6 Å². The molecule has 2 rings (SSSR count). The van der Waals surface area contributed by atoms with Crippen molar-refractivity contribution in [2.45, 2.75) is 32.4 Å². The molecule has 0 aromatic heterocycles. The SMILES string of the molecule is CCCC1CNCCN1Cc1ccc(F)c(Cl)c1. The fourth-order valence-electron chi connectivity index (χ4n) is 2.50. The Bertz CT molecular complexity index is 395. The molecule has 2 nitrogen and oxygen atoms in total. The molecule has 1 aliphatic heterocycles. The van der Waals surface area contributed by atoms with E-state index in [2.05, 4.69) is 17.1 Å². The van der Waals surface area contributed by atoms with Crippen LogP contribution >= 0.6 is 11.6 Å². The third kappa shape index (κ3) is 3.44. The van der Waals surface area contributed by atoms with Crippen LogP contribution in [0.1, 0.15) is 25.3 Å². The first-order valence-corrected chi connectivity index (χ1v) is 6.97. The van der Waals surface area contributed by atoms with Crippen LogP contribution in [-0.2, 0) is 6.54 Å². The van der Waals surface area contributed by atoms with Crippen LogP contribution in [0, 0.1) is 5.82 Å². The predicted octanol–water partition coefficient (Wildman–Crippen LogP) is 3.05. The molecular weight excluding hydrogens is 251 g/mol. The maximum Gasteiger partial charge on any atom is 0.141 e. The van der Waals surface area contributed by atoms with Crippen molar-refractivity contribution in [2.24, 2.45) is 0 Å². The van der Waals surface area contributed by atoms with Gasteiger partial charge in [0.1, 0.15) is 5.82 Å². The molecule has 1 atom stereocenters. The van der Waals surface area contributed by atoms with Crippen LogP contribution < -0.4 is 5.32 Å². The third-order valence-electron chi connectivity index (χ3n) is 3.46. The fraction of sp³-hybridized carbons (Fsp3) is 0.571. The summed E-state index contributed by atoms with van der Waals surface area (Å²) < 4.78 is 13.1. The highest BCUT2D eigenvalue weighted by Crippen LogP contribution is 2.19. The largest absolute Gasteiger partial charge is 0.314 e. The zero-order valence-corrected chi connectivity index (χ0v) is 11.5. The van der Waals surface area contributed by atoms with Gasteiger partial charge in [-0.25, -0.2) is 4.39 Å². The summed E-state index contributed by atoms with van der Waals surface area (Å²) in [5, 5.41) is 3.65. The van der Waals surface area contributed by atoms with Gasteiger partial charge in [-0.2, -0.15) is 0 Å². The van der Waals surface area contributed by atoms with E-state index >= 15 is 0 Å². The lowest BCUT2D eigenvalue weighted by molar-refractivity contribution is 0.144. The number of nitrogens with one attached hydrogen (secondary N) is 1. The first-order chi connectivity index (χ1) is 8.70. The summed E-state index contributed by atoms with van der Waals surface area (Å²) in [6, 6.07) is 5.59. The molecule has 0 spiro atoms. The Labute approximate surface area is 113 Å². The summed E-state index contributed by atoms with van der Waals surface area (Å²) in [4.78, 5) is 2.46. The van der Waals surface area contributed by atoms with Gasteiger partial charge in [0.05, 0.1) is 5.02 Å². The van der Waals surface area contributed by atoms with Crippen molar-refractivity contribution < 1.29 is 4.39 Å². The molecule has 0 bridgehead atoms. The van der Waals surface area contributed by atoms with Crippen molar-refractivity contribution in [1.82, 2.24) is 10.2 Å². The van der Waals surface area contributed by atoms with Gasteiger partial charge in [0.25, 0.3) is 0 Å². The summed E-state index contributed by atoms with van der Waals surface area (Å²) in [7, 11) is 0. The van der Waals surface area contributed by atoms with Crippen LogP contribution in [0.25, 0.3) is 0 Å². The topological polar surface area (TPSA) is 15.3 Å². The molecule has 0 radical (unpaired) electrons. The molecule has 1 unspecified atom stereocenters. The molecule has 1 aromatic rings. The number of hydrogen-bond acceptors (Lipinski definition) is 2. The highest BCUT2D eigenvalue weighted by molar-refractivity contribution is 6.30. The van der Waals surface area contributed by atoms with E-state index in [1.54, 1.807) is 6.07 Å². The molecule has 0 aliphatic carbocycles. The van der Waals surface area contributed by atoms with Gasteiger partial charge in [0.2, 0.25) is 0 Å². The van der Waals surface area contributed by atoms with Crippen LogP contribution in [0.15, 0.2) is 18.2 Å². The van der Waals surface area contributed by atoms with Crippen molar-refractivity contribution in [3.05, 3.63) is 34.6 Å². The molecule has 4 heteroatoms. The van der Waals surface area contributed by atoms with E-state index in [4.69, 9.17) is 11.6 Å². The minimum atomic E-state index is -0.342. The van der Waals surface area contributed by atoms with Gasteiger partial charge in [-0.05, 0) is 24.1 Å². The van der Waals surface area contributed by atoms with Gasteiger partial charge in [0, 0.05) is 32.2 Å². The predicted molar refractivity (Wildman–Crippen MR) is 73.4 cm³/mol. The van der Waals surface area contributed by atoms with Gasteiger partial charge in [0.15, 0.2) is 0 Å². The van der Waals surface area contributed by atoms with Gasteiger partial charge in [-0.3, -0.25) is 4.90 Å². The smallest absolute Gasteiger partial charge is 0.141 e. The Hall–Kier alpha value is -0.640. The van der Waals surface area contributed by atoms with Gasteiger partial charge >= 0.3 is 0 Å². The molecule has 1 saturated heterocycles. The fourth-order valence-corrected chi connectivity index (χ4v) is 2.70. The molecule has 1 fully saturated rings. The normalized spacial score (nSPS) is 21.2. The Kier molecular flexibility index (Phi) is 4.98. The molecule has 1 aliphatic rings. The van der Waals surface area contributed by atoms with E-state index in [1.807, 2.05) is 6.07 Å². The van der Waals surface area contributed by atoms with E-state index < -0.39 is 0 Å². The van der Waals surface area contributed by atoms with Crippen molar-refractivity contribution in [2.75, 3.05) is 19.6 Å². The minimum absolute atomic E-state index is 0.217. The lowest BCUT2D eigenvalue weighted by Crippen LogP contribution is -2.50.